The van der Waals surface area contributed by atoms with Crippen molar-refractivity contribution in [1.29, 1.82) is 0 Å². The van der Waals surface area contributed by atoms with E-state index in [-0.39, 0.29) is 5.91 Å². The molecule has 0 fully saturated rings. The van der Waals surface area contributed by atoms with Crippen molar-refractivity contribution in [2.45, 2.75) is 13.3 Å². The number of rotatable bonds is 3. The van der Waals surface area contributed by atoms with Crippen LogP contribution < -0.4 is 15.4 Å². The molecule has 1 aliphatic rings. The van der Waals surface area contributed by atoms with Crippen molar-refractivity contribution in [3.63, 3.8) is 0 Å². The number of amides is 1. The zero-order chi connectivity index (χ0) is 14.8. The van der Waals surface area contributed by atoms with E-state index in [1.54, 1.807) is 7.11 Å². The van der Waals surface area contributed by atoms with Gasteiger partial charge >= 0.3 is 0 Å². The summed E-state index contributed by atoms with van der Waals surface area (Å²) in [4.78, 5) is 12.4. The van der Waals surface area contributed by atoms with Crippen LogP contribution >= 0.6 is 0 Å². The minimum absolute atomic E-state index is 0.119. The van der Waals surface area contributed by atoms with Crippen molar-refractivity contribution in [2.75, 3.05) is 24.3 Å². The van der Waals surface area contributed by atoms with Gasteiger partial charge in [-0.2, -0.15) is 0 Å². The molecule has 4 nitrogen and oxygen atoms in total. The number of carbonyl (C=O) groups is 1. The molecule has 2 aromatic carbocycles. The minimum atomic E-state index is -0.119. The van der Waals surface area contributed by atoms with E-state index < -0.39 is 0 Å². The first-order valence-corrected chi connectivity index (χ1v) is 7.00. The van der Waals surface area contributed by atoms with E-state index in [1.165, 1.54) is 5.56 Å². The Hall–Kier alpha value is -2.49. The van der Waals surface area contributed by atoms with E-state index in [4.69, 9.17) is 4.74 Å². The molecule has 3 rings (SSSR count). The average Bonchev–Trinajstić information content (AvgIpc) is 2.96. The van der Waals surface area contributed by atoms with Crippen molar-refractivity contribution in [3.8, 4) is 5.75 Å². The van der Waals surface area contributed by atoms with Crippen LogP contribution in [-0.2, 0) is 6.42 Å². The van der Waals surface area contributed by atoms with Gasteiger partial charge in [-0.15, -0.1) is 0 Å². The van der Waals surface area contributed by atoms with Gasteiger partial charge < -0.3 is 15.4 Å². The maximum absolute atomic E-state index is 12.4. The summed E-state index contributed by atoms with van der Waals surface area (Å²) >= 11 is 0. The second-order valence-corrected chi connectivity index (χ2v) is 5.21. The van der Waals surface area contributed by atoms with Gasteiger partial charge in [-0.1, -0.05) is 6.07 Å². The first-order valence-electron chi connectivity index (χ1n) is 7.00. The quantitative estimate of drug-likeness (QED) is 0.908. The van der Waals surface area contributed by atoms with E-state index >= 15 is 0 Å². The third kappa shape index (κ3) is 2.70. The molecule has 0 atom stereocenters. The molecule has 0 saturated carbocycles. The second kappa shape index (κ2) is 5.48. The molecule has 1 heterocycles. The fourth-order valence-electron chi connectivity index (χ4n) is 2.54. The van der Waals surface area contributed by atoms with Crippen LogP contribution in [0.1, 0.15) is 21.5 Å². The van der Waals surface area contributed by atoms with E-state index in [2.05, 4.69) is 10.6 Å². The molecule has 4 heteroatoms. The van der Waals surface area contributed by atoms with Gasteiger partial charge in [-0.3, -0.25) is 4.79 Å². The Morgan fingerprint density at radius 1 is 1.24 bits per heavy atom. The summed E-state index contributed by atoms with van der Waals surface area (Å²) < 4.78 is 5.31. The maximum Gasteiger partial charge on any atom is 0.255 e. The molecule has 1 aliphatic heterocycles. The van der Waals surface area contributed by atoms with Crippen LogP contribution in [0.25, 0.3) is 0 Å². The van der Waals surface area contributed by atoms with Crippen molar-refractivity contribution < 1.29 is 9.53 Å². The zero-order valence-electron chi connectivity index (χ0n) is 12.2. The van der Waals surface area contributed by atoms with Crippen molar-refractivity contribution >= 4 is 17.3 Å². The molecule has 108 valence electrons. The number of methoxy groups -OCH3 is 1. The van der Waals surface area contributed by atoms with Gasteiger partial charge in [0.2, 0.25) is 0 Å². The van der Waals surface area contributed by atoms with Crippen LogP contribution in [-0.4, -0.2) is 19.6 Å². The average molecular weight is 282 g/mol. The summed E-state index contributed by atoms with van der Waals surface area (Å²) in [6.45, 7) is 2.92. The molecule has 0 bridgehead atoms. The number of fused-ring (bicyclic) bond motifs is 1. The van der Waals surface area contributed by atoms with Crippen LogP contribution in [0.4, 0.5) is 11.4 Å². The lowest BCUT2D eigenvalue weighted by Crippen LogP contribution is -2.13. The van der Waals surface area contributed by atoms with Gasteiger partial charge in [0.15, 0.2) is 0 Å². The highest BCUT2D eigenvalue weighted by Crippen LogP contribution is 2.27. The molecule has 0 spiro atoms. The molecule has 2 N–H and O–H groups in total. The fourth-order valence-corrected chi connectivity index (χ4v) is 2.54. The third-order valence-corrected chi connectivity index (χ3v) is 3.68. The number of benzene rings is 2. The van der Waals surface area contributed by atoms with Gasteiger partial charge in [0, 0.05) is 17.8 Å². The van der Waals surface area contributed by atoms with Gasteiger partial charge in [-0.05, 0) is 54.8 Å². The van der Waals surface area contributed by atoms with E-state index in [1.807, 2.05) is 43.3 Å². The molecule has 21 heavy (non-hydrogen) atoms. The Bertz CT molecular complexity index is 695. The lowest BCUT2D eigenvalue weighted by Gasteiger charge is -2.11. The summed E-state index contributed by atoms with van der Waals surface area (Å²) in [5, 5.41) is 6.20. The normalized spacial score (nSPS) is 12.5. The van der Waals surface area contributed by atoms with Crippen LogP contribution in [0.15, 0.2) is 36.4 Å². The monoisotopic (exact) mass is 282 g/mol. The van der Waals surface area contributed by atoms with Crippen molar-refractivity contribution in [1.82, 2.24) is 0 Å². The summed E-state index contributed by atoms with van der Waals surface area (Å²) in [5.74, 6) is 0.554. The largest absolute Gasteiger partial charge is 0.495 e. The standard InChI is InChI=1S/C17H18N2O2/c1-11-3-5-15(16(9-11)21-2)19-17(20)13-4-6-14-12(10-13)7-8-18-14/h3-6,9-10,18H,7-8H2,1-2H3,(H,19,20). The van der Waals surface area contributed by atoms with E-state index in [0.29, 0.717) is 17.0 Å². The second-order valence-electron chi connectivity index (χ2n) is 5.21. The molecule has 0 saturated heterocycles. The molecule has 0 aromatic heterocycles. The highest BCUT2D eigenvalue weighted by Gasteiger charge is 2.14. The lowest BCUT2D eigenvalue weighted by molar-refractivity contribution is 0.102. The van der Waals surface area contributed by atoms with Gasteiger partial charge in [0.25, 0.3) is 5.91 Å². The Kier molecular flexibility index (Phi) is 3.52. The summed E-state index contributed by atoms with van der Waals surface area (Å²) in [6, 6.07) is 11.5. The van der Waals surface area contributed by atoms with Crippen LogP contribution in [0.3, 0.4) is 0 Å². The molecule has 0 radical (unpaired) electrons. The SMILES string of the molecule is COc1cc(C)ccc1NC(=O)c1ccc2c(c1)CCN2. The molecule has 1 amide bonds. The maximum atomic E-state index is 12.4. The zero-order valence-corrected chi connectivity index (χ0v) is 12.2. The van der Waals surface area contributed by atoms with Gasteiger partial charge in [-0.25, -0.2) is 0 Å². The highest BCUT2D eigenvalue weighted by atomic mass is 16.5. The van der Waals surface area contributed by atoms with Gasteiger partial charge in [0.05, 0.1) is 12.8 Å². The minimum Gasteiger partial charge on any atom is -0.495 e. The van der Waals surface area contributed by atoms with Crippen LogP contribution in [0.2, 0.25) is 0 Å². The predicted molar refractivity (Wildman–Crippen MR) is 84.3 cm³/mol. The number of anilines is 2. The number of ether oxygens (including phenoxy) is 1. The number of carbonyl (C=O) groups excluding carboxylic acids is 1. The number of aryl methyl sites for hydroxylation is 1. The Labute approximate surface area is 124 Å². The Morgan fingerprint density at radius 2 is 2.10 bits per heavy atom. The van der Waals surface area contributed by atoms with E-state index in [9.17, 15) is 4.79 Å². The molecule has 0 aliphatic carbocycles. The first-order chi connectivity index (χ1) is 10.2. The van der Waals surface area contributed by atoms with E-state index in [0.717, 1.165) is 24.2 Å². The molecular weight excluding hydrogens is 264 g/mol. The lowest BCUT2D eigenvalue weighted by atomic mass is 10.1. The smallest absolute Gasteiger partial charge is 0.255 e. The first kappa shape index (κ1) is 13.5. The number of hydrogen-bond donors (Lipinski definition) is 2. The summed E-state index contributed by atoms with van der Waals surface area (Å²) in [5.41, 5.74) is 4.76. The number of nitrogens with one attached hydrogen (secondary N) is 2. The van der Waals surface area contributed by atoms with Crippen LogP contribution in [0.5, 0.6) is 5.75 Å². The van der Waals surface area contributed by atoms with Crippen molar-refractivity contribution in [2.24, 2.45) is 0 Å². The summed E-state index contributed by atoms with van der Waals surface area (Å²) in [7, 11) is 1.60. The summed E-state index contributed by atoms with van der Waals surface area (Å²) in [6.07, 6.45) is 0.963. The fraction of sp³-hybridized carbons (Fsp3) is 0.235. The Morgan fingerprint density at radius 3 is 2.90 bits per heavy atom. The van der Waals surface area contributed by atoms with Crippen LogP contribution in [0, 0.1) is 6.92 Å². The molecule has 2 aromatic rings. The topological polar surface area (TPSA) is 50.4 Å². The Balaban J connectivity index is 1.83. The number of hydrogen-bond acceptors (Lipinski definition) is 3. The third-order valence-electron chi connectivity index (χ3n) is 3.68. The molecule has 0 unspecified atom stereocenters. The predicted octanol–water partition coefficient (Wildman–Crippen LogP) is 3.22. The molecular formula is C17H18N2O2. The van der Waals surface area contributed by atoms with Gasteiger partial charge in [0.1, 0.15) is 5.75 Å². The van der Waals surface area contributed by atoms with Crippen molar-refractivity contribution in [3.05, 3.63) is 53.1 Å². The highest BCUT2D eigenvalue weighted by molar-refractivity contribution is 6.05.